The van der Waals surface area contributed by atoms with Gasteiger partial charge < -0.3 is 19.7 Å². The lowest BCUT2D eigenvalue weighted by molar-refractivity contribution is -0.118. The summed E-state index contributed by atoms with van der Waals surface area (Å²) in [6.45, 7) is 7.76. The zero-order valence-corrected chi connectivity index (χ0v) is 16.2. The highest BCUT2D eigenvalue weighted by molar-refractivity contribution is 7.99. The van der Waals surface area contributed by atoms with E-state index in [2.05, 4.69) is 25.1 Å². The molecule has 8 nitrogen and oxygen atoms in total. The van der Waals surface area contributed by atoms with Gasteiger partial charge in [0.15, 0.2) is 5.16 Å². The smallest absolute Gasteiger partial charge is 0.230 e. The fourth-order valence-corrected chi connectivity index (χ4v) is 3.67. The molecule has 0 radical (unpaired) electrons. The van der Waals surface area contributed by atoms with Crippen LogP contribution in [0.15, 0.2) is 11.2 Å². The van der Waals surface area contributed by atoms with Crippen LogP contribution in [0.25, 0.3) is 0 Å². The van der Waals surface area contributed by atoms with Gasteiger partial charge in [-0.15, -0.1) is 0 Å². The highest BCUT2D eigenvalue weighted by Crippen LogP contribution is 2.22. The average Bonchev–Trinajstić information content (AvgIpc) is 2.67. The first-order valence-electron chi connectivity index (χ1n) is 8.77. The van der Waals surface area contributed by atoms with E-state index in [4.69, 9.17) is 21.1 Å². The van der Waals surface area contributed by atoms with Gasteiger partial charge in [0.1, 0.15) is 11.0 Å². The van der Waals surface area contributed by atoms with Crippen molar-refractivity contribution in [1.82, 2.24) is 20.2 Å². The number of ether oxygens (including phenoxy) is 2. The highest BCUT2D eigenvalue weighted by atomic mass is 35.5. The molecule has 1 amide bonds. The lowest BCUT2D eigenvalue weighted by atomic mass is 10.4. The SMILES string of the molecule is O=C(CSc1nc(Cl)cc(N2CCOCC2)n1)NCCN1CCOCC1. The number of aromatic nitrogens is 2. The Hall–Kier alpha value is -1.13. The number of thioether (sulfide) groups is 1. The largest absolute Gasteiger partial charge is 0.379 e. The van der Waals surface area contributed by atoms with E-state index in [9.17, 15) is 4.79 Å². The van der Waals surface area contributed by atoms with Crippen LogP contribution < -0.4 is 10.2 Å². The molecule has 0 aromatic carbocycles. The predicted molar refractivity (Wildman–Crippen MR) is 101 cm³/mol. The van der Waals surface area contributed by atoms with E-state index in [0.29, 0.717) is 30.1 Å². The van der Waals surface area contributed by atoms with Crippen molar-refractivity contribution in [2.24, 2.45) is 0 Å². The van der Waals surface area contributed by atoms with Crippen molar-refractivity contribution in [2.45, 2.75) is 5.16 Å². The molecule has 1 N–H and O–H groups in total. The summed E-state index contributed by atoms with van der Waals surface area (Å²) in [6.07, 6.45) is 0. The van der Waals surface area contributed by atoms with Gasteiger partial charge in [0.2, 0.25) is 5.91 Å². The number of rotatable bonds is 7. The lowest BCUT2D eigenvalue weighted by Crippen LogP contribution is -2.41. The van der Waals surface area contributed by atoms with Gasteiger partial charge in [0.25, 0.3) is 0 Å². The molecular weight excluding hydrogens is 378 g/mol. The normalized spacial score (nSPS) is 18.7. The molecule has 144 valence electrons. The number of halogens is 1. The maximum absolute atomic E-state index is 12.0. The quantitative estimate of drug-likeness (QED) is 0.402. The number of morpholine rings is 2. The molecular formula is C16H24ClN5O3S. The van der Waals surface area contributed by atoms with Crippen LogP contribution in [-0.4, -0.2) is 92.2 Å². The second-order valence-electron chi connectivity index (χ2n) is 6.02. The Balaban J connectivity index is 1.43. The second kappa shape index (κ2) is 10.3. The fourth-order valence-electron chi connectivity index (χ4n) is 2.76. The summed E-state index contributed by atoms with van der Waals surface area (Å²) in [7, 11) is 0. The summed E-state index contributed by atoms with van der Waals surface area (Å²) in [5.74, 6) is 1.02. The number of amides is 1. The predicted octanol–water partition coefficient (Wildman–Crippen LogP) is 0.507. The minimum Gasteiger partial charge on any atom is -0.379 e. The van der Waals surface area contributed by atoms with Crippen LogP contribution >= 0.6 is 23.4 Å². The van der Waals surface area contributed by atoms with Crippen molar-refractivity contribution in [3.63, 3.8) is 0 Å². The first kappa shape index (κ1) is 19.6. The van der Waals surface area contributed by atoms with E-state index in [0.717, 1.165) is 51.8 Å². The van der Waals surface area contributed by atoms with Crippen LogP contribution in [0, 0.1) is 0 Å². The molecule has 3 rings (SSSR count). The van der Waals surface area contributed by atoms with E-state index >= 15 is 0 Å². The van der Waals surface area contributed by atoms with Gasteiger partial charge >= 0.3 is 0 Å². The Morgan fingerprint density at radius 2 is 1.85 bits per heavy atom. The molecule has 3 heterocycles. The number of nitrogens with one attached hydrogen (secondary N) is 1. The van der Waals surface area contributed by atoms with Gasteiger partial charge in [-0.05, 0) is 0 Å². The molecule has 1 aromatic heterocycles. The summed E-state index contributed by atoms with van der Waals surface area (Å²) in [6, 6.07) is 1.75. The number of anilines is 1. The zero-order chi connectivity index (χ0) is 18.2. The first-order chi connectivity index (χ1) is 12.7. The van der Waals surface area contributed by atoms with Gasteiger partial charge in [-0.3, -0.25) is 9.69 Å². The third-order valence-electron chi connectivity index (χ3n) is 4.18. The van der Waals surface area contributed by atoms with E-state index in [1.807, 2.05) is 0 Å². The second-order valence-corrected chi connectivity index (χ2v) is 7.35. The molecule has 2 fully saturated rings. The number of carbonyl (C=O) groups is 1. The van der Waals surface area contributed by atoms with Gasteiger partial charge in [0.05, 0.1) is 32.2 Å². The molecule has 26 heavy (non-hydrogen) atoms. The molecule has 2 aliphatic rings. The maximum atomic E-state index is 12.0. The van der Waals surface area contributed by atoms with E-state index in [1.54, 1.807) is 6.07 Å². The van der Waals surface area contributed by atoms with Crippen LogP contribution in [-0.2, 0) is 14.3 Å². The molecule has 0 saturated carbocycles. The van der Waals surface area contributed by atoms with Crippen LogP contribution in [0.3, 0.4) is 0 Å². The van der Waals surface area contributed by atoms with E-state index in [1.165, 1.54) is 11.8 Å². The van der Waals surface area contributed by atoms with Crippen molar-refractivity contribution >= 4 is 35.1 Å². The van der Waals surface area contributed by atoms with Crippen LogP contribution in [0.1, 0.15) is 0 Å². The van der Waals surface area contributed by atoms with E-state index < -0.39 is 0 Å². The summed E-state index contributed by atoms with van der Waals surface area (Å²) >= 11 is 7.41. The Kier molecular flexibility index (Phi) is 7.75. The highest BCUT2D eigenvalue weighted by Gasteiger charge is 2.15. The molecule has 2 saturated heterocycles. The van der Waals surface area contributed by atoms with Crippen LogP contribution in [0.2, 0.25) is 5.15 Å². The minimum atomic E-state index is -0.0280. The van der Waals surface area contributed by atoms with Gasteiger partial charge in [-0.2, -0.15) is 0 Å². The molecule has 0 bridgehead atoms. The molecule has 2 aliphatic heterocycles. The van der Waals surface area contributed by atoms with Crippen molar-refractivity contribution in [2.75, 3.05) is 76.3 Å². The third kappa shape index (κ3) is 6.24. The Morgan fingerprint density at radius 3 is 2.58 bits per heavy atom. The third-order valence-corrected chi connectivity index (χ3v) is 5.22. The molecule has 0 atom stereocenters. The number of hydrogen-bond acceptors (Lipinski definition) is 8. The summed E-state index contributed by atoms with van der Waals surface area (Å²) in [5.41, 5.74) is 0. The maximum Gasteiger partial charge on any atom is 0.230 e. The minimum absolute atomic E-state index is 0.0280. The fraction of sp³-hybridized carbons (Fsp3) is 0.688. The van der Waals surface area contributed by atoms with Crippen molar-refractivity contribution < 1.29 is 14.3 Å². The standard InChI is InChI=1S/C16H24ClN5O3S/c17-13-11-14(22-5-9-25-10-6-22)20-16(19-13)26-12-15(23)18-1-2-21-3-7-24-8-4-21/h11H,1-10,12H2,(H,18,23). The molecule has 10 heteroatoms. The molecule has 1 aromatic rings. The lowest BCUT2D eigenvalue weighted by Gasteiger charge is -2.27. The molecule has 0 aliphatic carbocycles. The number of nitrogens with zero attached hydrogens (tertiary/aromatic N) is 4. The monoisotopic (exact) mass is 401 g/mol. The first-order valence-corrected chi connectivity index (χ1v) is 10.1. The van der Waals surface area contributed by atoms with Gasteiger partial charge in [-0.1, -0.05) is 23.4 Å². The van der Waals surface area contributed by atoms with Crippen LogP contribution in [0.4, 0.5) is 5.82 Å². The summed E-state index contributed by atoms with van der Waals surface area (Å²) in [4.78, 5) is 25.2. The van der Waals surface area contributed by atoms with Crippen LogP contribution in [0.5, 0.6) is 0 Å². The zero-order valence-electron chi connectivity index (χ0n) is 14.7. The topological polar surface area (TPSA) is 79.8 Å². The Morgan fingerprint density at radius 1 is 1.15 bits per heavy atom. The van der Waals surface area contributed by atoms with E-state index in [-0.39, 0.29) is 11.7 Å². The summed E-state index contributed by atoms with van der Waals surface area (Å²) < 4.78 is 10.7. The van der Waals surface area contributed by atoms with Crippen molar-refractivity contribution in [3.8, 4) is 0 Å². The van der Waals surface area contributed by atoms with Gasteiger partial charge in [-0.25, -0.2) is 9.97 Å². The number of hydrogen-bond donors (Lipinski definition) is 1. The average molecular weight is 402 g/mol. The Bertz CT molecular complexity index is 597. The molecule has 0 unspecified atom stereocenters. The number of carbonyl (C=O) groups excluding carboxylic acids is 1. The Labute approximate surface area is 162 Å². The van der Waals surface area contributed by atoms with Crippen molar-refractivity contribution in [3.05, 3.63) is 11.2 Å². The molecule has 0 spiro atoms. The summed E-state index contributed by atoms with van der Waals surface area (Å²) in [5, 5.41) is 3.84. The van der Waals surface area contributed by atoms with Gasteiger partial charge in [0, 0.05) is 45.3 Å². The van der Waals surface area contributed by atoms with Crippen molar-refractivity contribution in [1.29, 1.82) is 0 Å².